The zero-order chi connectivity index (χ0) is 15.5. The first-order chi connectivity index (χ1) is 9.87. The van der Waals surface area contributed by atoms with Crippen LogP contribution in [0.1, 0.15) is 59.8 Å². The molecule has 2 atom stereocenters. The van der Waals surface area contributed by atoms with E-state index in [1.54, 1.807) is 0 Å². The van der Waals surface area contributed by atoms with Gasteiger partial charge < -0.3 is 10.1 Å². The van der Waals surface area contributed by atoms with E-state index in [1.807, 2.05) is 6.92 Å². The van der Waals surface area contributed by atoms with Gasteiger partial charge >= 0.3 is 6.09 Å². The minimum Gasteiger partial charge on any atom is -0.450 e. The zero-order valence-corrected chi connectivity index (χ0v) is 14.2. The average molecular weight is 296 g/mol. The van der Waals surface area contributed by atoms with Gasteiger partial charge in [0.05, 0.1) is 6.61 Å². The van der Waals surface area contributed by atoms with Crippen molar-refractivity contribution < 1.29 is 9.53 Å². The third-order valence-corrected chi connectivity index (χ3v) is 4.66. The van der Waals surface area contributed by atoms with Gasteiger partial charge in [-0.3, -0.25) is 4.90 Å². The van der Waals surface area contributed by atoms with Gasteiger partial charge in [0, 0.05) is 25.2 Å². The maximum absolute atomic E-state index is 11.7. The molecule has 0 aromatic rings. The van der Waals surface area contributed by atoms with Gasteiger partial charge in [-0.05, 0) is 43.9 Å². The van der Waals surface area contributed by atoms with Crippen LogP contribution >= 0.6 is 0 Å². The maximum atomic E-state index is 11.7. The Labute approximate surface area is 129 Å². The molecule has 0 aromatic heterocycles. The first-order valence-electron chi connectivity index (χ1n) is 8.54. The lowest BCUT2D eigenvalue weighted by Crippen LogP contribution is -2.55. The van der Waals surface area contributed by atoms with Gasteiger partial charge in [-0.2, -0.15) is 0 Å². The van der Waals surface area contributed by atoms with Gasteiger partial charge in [-0.25, -0.2) is 4.79 Å². The second-order valence-corrected chi connectivity index (χ2v) is 7.97. The first-order valence-corrected chi connectivity index (χ1v) is 8.54. The molecule has 0 spiro atoms. The molecule has 1 saturated heterocycles. The molecule has 122 valence electrons. The molecule has 2 fully saturated rings. The highest BCUT2D eigenvalue weighted by Crippen LogP contribution is 2.34. The van der Waals surface area contributed by atoms with Gasteiger partial charge in [0.25, 0.3) is 0 Å². The second kappa shape index (κ2) is 6.99. The maximum Gasteiger partial charge on any atom is 0.407 e. The molecule has 2 rings (SSSR count). The number of hydrogen-bond donors (Lipinski definition) is 1. The highest BCUT2D eigenvalue weighted by molar-refractivity contribution is 5.67. The molecule has 1 N–H and O–H groups in total. The first kappa shape index (κ1) is 16.6. The van der Waals surface area contributed by atoms with E-state index in [0.29, 0.717) is 17.9 Å². The van der Waals surface area contributed by atoms with Crippen molar-refractivity contribution in [2.75, 3.05) is 19.7 Å². The molecule has 21 heavy (non-hydrogen) atoms. The number of hydrogen-bond acceptors (Lipinski definition) is 3. The molecular weight excluding hydrogens is 264 g/mol. The Balaban J connectivity index is 1.94. The lowest BCUT2D eigenvalue weighted by Gasteiger charge is -2.46. The molecule has 0 bridgehead atoms. The molecule has 1 heterocycles. The summed E-state index contributed by atoms with van der Waals surface area (Å²) in [5.74, 6) is 0.672. The van der Waals surface area contributed by atoms with E-state index >= 15 is 0 Å². The molecule has 1 aliphatic carbocycles. The van der Waals surface area contributed by atoms with E-state index in [0.717, 1.165) is 19.0 Å². The topological polar surface area (TPSA) is 41.6 Å². The van der Waals surface area contributed by atoms with Gasteiger partial charge in [-0.15, -0.1) is 0 Å². The van der Waals surface area contributed by atoms with E-state index in [9.17, 15) is 4.79 Å². The fourth-order valence-electron chi connectivity index (χ4n) is 3.75. The zero-order valence-electron chi connectivity index (χ0n) is 14.2. The largest absolute Gasteiger partial charge is 0.450 e. The van der Waals surface area contributed by atoms with Crippen LogP contribution < -0.4 is 5.32 Å². The van der Waals surface area contributed by atoms with Crippen LogP contribution in [0, 0.1) is 11.3 Å². The number of rotatable bonds is 4. The summed E-state index contributed by atoms with van der Waals surface area (Å²) in [6.45, 7) is 11.4. The Morgan fingerprint density at radius 2 is 2.00 bits per heavy atom. The number of alkyl carbamates (subject to hydrolysis) is 1. The van der Waals surface area contributed by atoms with E-state index in [-0.39, 0.29) is 12.1 Å². The molecule has 2 aliphatic rings. The molecule has 1 saturated carbocycles. The van der Waals surface area contributed by atoms with Gasteiger partial charge in [-0.1, -0.05) is 27.2 Å². The van der Waals surface area contributed by atoms with Crippen LogP contribution in [0.15, 0.2) is 0 Å². The van der Waals surface area contributed by atoms with Crippen LogP contribution in [-0.2, 0) is 4.74 Å². The fourth-order valence-corrected chi connectivity index (χ4v) is 3.75. The van der Waals surface area contributed by atoms with Gasteiger partial charge in [0.15, 0.2) is 0 Å². The summed E-state index contributed by atoms with van der Waals surface area (Å²) >= 11 is 0. The molecule has 0 radical (unpaired) electrons. The Morgan fingerprint density at radius 3 is 2.52 bits per heavy atom. The molecule has 4 heteroatoms. The Bertz CT molecular complexity index is 347. The summed E-state index contributed by atoms with van der Waals surface area (Å²) < 4.78 is 5.05. The van der Waals surface area contributed by atoms with Crippen LogP contribution in [0.25, 0.3) is 0 Å². The summed E-state index contributed by atoms with van der Waals surface area (Å²) in [4.78, 5) is 14.3. The van der Waals surface area contributed by atoms with Crippen LogP contribution in [-0.4, -0.2) is 42.8 Å². The quantitative estimate of drug-likeness (QED) is 0.864. The predicted molar refractivity (Wildman–Crippen MR) is 85.3 cm³/mol. The molecular formula is C17H32N2O2. The van der Waals surface area contributed by atoms with Crippen molar-refractivity contribution in [1.82, 2.24) is 10.2 Å². The van der Waals surface area contributed by atoms with Crippen molar-refractivity contribution in [1.29, 1.82) is 0 Å². The SMILES string of the molecule is CCOC(=O)NC1CC(CC(C)(C)C)CN(C2CCC2)C1. The highest BCUT2D eigenvalue weighted by Gasteiger charge is 2.35. The number of carbonyl (C=O) groups is 1. The molecule has 1 aliphatic heterocycles. The van der Waals surface area contributed by atoms with E-state index in [4.69, 9.17) is 4.74 Å². The number of likely N-dealkylation sites (tertiary alicyclic amines) is 1. The van der Waals surface area contributed by atoms with Crippen LogP contribution in [0.4, 0.5) is 4.79 Å². The molecule has 0 aromatic carbocycles. The van der Waals surface area contributed by atoms with Gasteiger partial charge in [0.2, 0.25) is 0 Å². The molecule has 4 nitrogen and oxygen atoms in total. The number of carbonyl (C=O) groups excluding carboxylic acids is 1. The Hall–Kier alpha value is -0.770. The second-order valence-electron chi connectivity index (χ2n) is 7.97. The normalized spacial score (nSPS) is 28.0. The summed E-state index contributed by atoms with van der Waals surface area (Å²) in [6.07, 6.45) is 6.06. The average Bonchev–Trinajstić information content (AvgIpc) is 2.23. The summed E-state index contributed by atoms with van der Waals surface area (Å²) in [6, 6.07) is 0.991. The van der Waals surface area contributed by atoms with Crippen molar-refractivity contribution in [2.24, 2.45) is 11.3 Å². The van der Waals surface area contributed by atoms with Crippen molar-refractivity contribution in [3.8, 4) is 0 Å². The minimum absolute atomic E-state index is 0.241. The van der Waals surface area contributed by atoms with Crippen LogP contribution in [0.5, 0.6) is 0 Å². The van der Waals surface area contributed by atoms with Gasteiger partial charge in [0.1, 0.15) is 0 Å². The molecule has 1 amide bonds. The fraction of sp³-hybridized carbons (Fsp3) is 0.941. The molecule has 2 unspecified atom stereocenters. The number of ether oxygens (including phenoxy) is 1. The Morgan fingerprint density at radius 1 is 1.29 bits per heavy atom. The highest BCUT2D eigenvalue weighted by atomic mass is 16.5. The lowest BCUT2D eigenvalue weighted by molar-refractivity contribution is 0.0445. The smallest absolute Gasteiger partial charge is 0.407 e. The third kappa shape index (κ3) is 5.17. The van der Waals surface area contributed by atoms with E-state index in [1.165, 1.54) is 32.2 Å². The van der Waals surface area contributed by atoms with E-state index < -0.39 is 0 Å². The van der Waals surface area contributed by atoms with Crippen LogP contribution in [0.3, 0.4) is 0 Å². The Kier molecular flexibility index (Phi) is 5.53. The lowest BCUT2D eigenvalue weighted by atomic mass is 9.78. The summed E-state index contributed by atoms with van der Waals surface area (Å²) in [5, 5.41) is 3.07. The third-order valence-electron chi connectivity index (χ3n) is 4.66. The van der Waals surface area contributed by atoms with Crippen LogP contribution in [0.2, 0.25) is 0 Å². The summed E-state index contributed by atoms with van der Waals surface area (Å²) in [7, 11) is 0. The van der Waals surface area contributed by atoms with Crippen molar-refractivity contribution in [3.63, 3.8) is 0 Å². The minimum atomic E-state index is -0.257. The number of nitrogens with one attached hydrogen (secondary N) is 1. The van der Waals surface area contributed by atoms with E-state index in [2.05, 4.69) is 31.0 Å². The predicted octanol–water partition coefficient (Wildman–Crippen LogP) is 3.41. The summed E-state index contributed by atoms with van der Waals surface area (Å²) in [5.41, 5.74) is 0.349. The van der Waals surface area contributed by atoms with Crippen molar-refractivity contribution >= 4 is 6.09 Å². The van der Waals surface area contributed by atoms with Crippen molar-refractivity contribution in [3.05, 3.63) is 0 Å². The number of piperidine rings is 1. The number of nitrogens with zero attached hydrogens (tertiary/aromatic N) is 1. The van der Waals surface area contributed by atoms with Crippen molar-refractivity contribution in [2.45, 2.75) is 71.9 Å². The number of amides is 1. The monoisotopic (exact) mass is 296 g/mol. The standard InChI is InChI=1S/C17H32N2O2/c1-5-21-16(20)18-14-9-13(10-17(2,3)4)11-19(12-14)15-7-6-8-15/h13-15H,5-12H2,1-4H3,(H,18,20).